The first-order valence-electron chi connectivity index (χ1n) is 11.3. The number of aromatic nitrogens is 2. The first-order chi connectivity index (χ1) is 15.9. The maximum atomic E-state index is 12.3. The standard InChI is InChI=1S/C23H31ClN6O3/c1-17(24)22(32)29-11-13-30(14-12-29)23-25-18(15-21(31)26-23)16-27-7-9-28(10-8-27)19-5-3-4-6-20(19)33-2/h3-6,15,17H,7-14,16H2,1-2H3,(H,25,26,31)/t17-/m1/s1. The number of amides is 1. The molecule has 4 rings (SSSR count). The number of nitrogens with zero attached hydrogens (tertiary/aromatic N) is 5. The lowest BCUT2D eigenvalue weighted by atomic mass is 10.2. The number of nitrogens with one attached hydrogen (secondary N) is 1. The molecule has 0 bridgehead atoms. The van der Waals surface area contributed by atoms with Crippen molar-refractivity contribution >= 4 is 29.1 Å². The molecule has 1 atom stereocenters. The summed E-state index contributed by atoms with van der Waals surface area (Å²) in [5.74, 6) is 1.39. The van der Waals surface area contributed by atoms with Gasteiger partial charge in [0.15, 0.2) is 0 Å². The molecule has 10 heteroatoms. The summed E-state index contributed by atoms with van der Waals surface area (Å²) in [6, 6.07) is 9.64. The van der Waals surface area contributed by atoms with E-state index in [4.69, 9.17) is 21.3 Å². The van der Waals surface area contributed by atoms with Gasteiger partial charge in [0.2, 0.25) is 11.9 Å². The summed E-state index contributed by atoms with van der Waals surface area (Å²) >= 11 is 5.93. The van der Waals surface area contributed by atoms with Crippen molar-refractivity contribution in [3.05, 3.63) is 46.4 Å². The van der Waals surface area contributed by atoms with Crippen LogP contribution in [0.5, 0.6) is 5.75 Å². The lowest BCUT2D eigenvalue weighted by Gasteiger charge is -2.37. The highest BCUT2D eigenvalue weighted by Gasteiger charge is 2.25. The average molecular weight is 475 g/mol. The van der Waals surface area contributed by atoms with Gasteiger partial charge in [-0.25, -0.2) is 4.98 Å². The van der Waals surface area contributed by atoms with Crippen molar-refractivity contribution < 1.29 is 9.53 Å². The van der Waals surface area contributed by atoms with Crippen LogP contribution < -0.4 is 20.1 Å². The van der Waals surface area contributed by atoms with Gasteiger partial charge in [-0.2, -0.15) is 0 Å². The van der Waals surface area contributed by atoms with E-state index < -0.39 is 5.38 Å². The molecule has 0 aliphatic carbocycles. The van der Waals surface area contributed by atoms with E-state index in [0.717, 1.165) is 43.3 Å². The van der Waals surface area contributed by atoms with E-state index in [0.29, 0.717) is 38.7 Å². The van der Waals surface area contributed by atoms with Crippen LogP contribution in [0, 0.1) is 0 Å². The first-order valence-corrected chi connectivity index (χ1v) is 11.8. The number of anilines is 2. The summed E-state index contributed by atoms with van der Waals surface area (Å²) in [4.78, 5) is 40.4. The SMILES string of the molecule is COc1ccccc1N1CCN(Cc2cc(=O)[nH]c(N3CCN(C(=O)[C@@H](C)Cl)CC3)n2)CC1. The summed E-state index contributed by atoms with van der Waals surface area (Å²) in [7, 11) is 1.70. The number of carbonyl (C=O) groups excluding carboxylic acids is 1. The molecule has 2 saturated heterocycles. The van der Waals surface area contributed by atoms with Crippen LogP contribution >= 0.6 is 11.6 Å². The fraction of sp³-hybridized carbons (Fsp3) is 0.522. The zero-order valence-corrected chi connectivity index (χ0v) is 19.9. The Balaban J connectivity index is 1.35. The van der Waals surface area contributed by atoms with Crippen LogP contribution in [0.15, 0.2) is 35.1 Å². The van der Waals surface area contributed by atoms with Gasteiger partial charge in [0.25, 0.3) is 5.56 Å². The van der Waals surface area contributed by atoms with E-state index in [1.54, 1.807) is 25.0 Å². The van der Waals surface area contributed by atoms with E-state index in [2.05, 4.69) is 20.9 Å². The molecule has 2 aliphatic rings. The van der Waals surface area contributed by atoms with Crippen LogP contribution in [0.1, 0.15) is 12.6 Å². The summed E-state index contributed by atoms with van der Waals surface area (Å²) in [5, 5.41) is -0.527. The van der Waals surface area contributed by atoms with Crippen LogP contribution in [0.25, 0.3) is 0 Å². The van der Waals surface area contributed by atoms with Crippen molar-refractivity contribution in [1.29, 1.82) is 0 Å². The second-order valence-electron chi connectivity index (χ2n) is 8.42. The number of piperazine rings is 2. The number of methoxy groups -OCH3 is 1. The highest BCUT2D eigenvalue weighted by Crippen LogP contribution is 2.28. The molecule has 0 unspecified atom stereocenters. The highest BCUT2D eigenvalue weighted by molar-refractivity contribution is 6.30. The number of carbonyl (C=O) groups is 1. The minimum Gasteiger partial charge on any atom is -0.495 e. The number of H-pyrrole nitrogens is 1. The minimum absolute atomic E-state index is 0.0567. The number of aromatic amines is 1. The lowest BCUT2D eigenvalue weighted by Crippen LogP contribution is -2.51. The summed E-state index contributed by atoms with van der Waals surface area (Å²) in [6.07, 6.45) is 0. The molecule has 178 valence electrons. The molecule has 2 aromatic rings. The van der Waals surface area contributed by atoms with Gasteiger partial charge in [-0.15, -0.1) is 11.6 Å². The molecule has 1 aromatic carbocycles. The second-order valence-corrected chi connectivity index (χ2v) is 9.08. The summed E-state index contributed by atoms with van der Waals surface area (Å²) in [5.41, 5.74) is 1.71. The predicted octanol–water partition coefficient (Wildman–Crippen LogP) is 1.38. The van der Waals surface area contributed by atoms with Crippen molar-refractivity contribution in [1.82, 2.24) is 19.8 Å². The maximum absolute atomic E-state index is 12.3. The maximum Gasteiger partial charge on any atom is 0.252 e. The molecule has 3 heterocycles. The van der Waals surface area contributed by atoms with Crippen molar-refractivity contribution in [3.63, 3.8) is 0 Å². The van der Waals surface area contributed by atoms with Crippen LogP contribution in [-0.2, 0) is 11.3 Å². The number of ether oxygens (including phenoxy) is 1. The monoisotopic (exact) mass is 474 g/mol. The van der Waals surface area contributed by atoms with Gasteiger partial charge in [0, 0.05) is 65.0 Å². The van der Waals surface area contributed by atoms with Gasteiger partial charge in [-0.05, 0) is 19.1 Å². The van der Waals surface area contributed by atoms with E-state index in [9.17, 15) is 9.59 Å². The molecule has 9 nitrogen and oxygen atoms in total. The number of benzene rings is 1. The smallest absolute Gasteiger partial charge is 0.252 e. The third kappa shape index (κ3) is 5.59. The Labute approximate surface area is 198 Å². The number of hydrogen-bond donors (Lipinski definition) is 1. The fourth-order valence-electron chi connectivity index (χ4n) is 4.38. The van der Waals surface area contributed by atoms with Gasteiger partial charge in [-0.1, -0.05) is 12.1 Å². The normalized spacial score (nSPS) is 18.3. The number of para-hydroxylation sites is 2. The third-order valence-electron chi connectivity index (χ3n) is 6.20. The van der Waals surface area contributed by atoms with Gasteiger partial charge in [0.05, 0.1) is 18.5 Å². The van der Waals surface area contributed by atoms with Crippen LogP contribution in [0.3, 0.4) is 0 Å². The van der Waals surface area contributed by atoms with Gasteiger partial charge >= 0.3 is 0 Å². The van der Waals surface area contributed by atoms with E-state index in [1.165, 1.54) is 0 Å². The molecule has 1 amide bonds. The number of hydrogen-bond acceptors (Lipinski definition) is 7. The number of rotatable bonds is 6. The van der Waals surface area contributed by atoms with Crippen LogP contribution in [0.4, 0.5) is 11.6 Å². The van der Waals surface area contributed by atoms with Gasteiger partial charge < -0.3 is 19.4 Å². The fourth-order valence-corrected chi connectivity index (χ4v) is 4.52. The van der Waals surface area contributed by atoms with Gasteiger partial charge in [-0.3, -0.25) is 19.5 Å². The average Bonchev–Trinajstić information content (AvgIpc) is 2.83. The van der Waals surface area contributed by atoms with E-state index in [-0.39, 0.29) is 11.5 Å². The van der Waals surface area contributed by atoms with Crippen molar-refractivity contribution in [2.45, 2.75) is 18.8 Å². The molecule has 33 heavy (non-hydrogen) atoms. The molecule has 1 aromatic heterocycles. The highest BCUT2D eigenvalue weighted by atomic mass is 35.5. The lowest BCUT2D eigenvalue weighted by molar-refractivity contribution is -0.130. The van der Waals surface area contributed by atoms with Crippen LogP contribution in [-0.4, -0.2) is 90.5 Å². The Kier molecular flexibility index (Phi) is 7.39. The number of halogens is 1. The largest absolute Gasteiger partial charge is 0.495 e. The number of alkyl halides is 1. The van der Waals surface area contributed by atoms with E-state index >= 15 is 0 Å². The molecule has 0 radical (unpaired) electrons. The Hall–Kier alpha value is -2.78. The second kappa shape index (κ2) is 10.4. The topological polar surface area (TPSA) is 85.0 Å². The molecule has 2 fully saturated rings. The Morgan fingerprint density at radius 2 is 1.76 bits per heavy atom. The molecule has 2 aliphatic heterocycles. The Morgan fingerprint density at radius 3 is 2.42 bits per heavy atom. The van der Waals surface area contributed by atoms with Crippen molar-refractivity contribution in [3.8, 4) is 5.75 Å². The Bertz CT molecular complexity index is 1010. The quantitative estimate of drug-likeness (QED) is 0.633. The first kappa shape index (κ1) is 23.4. The van der Waals surface area contributed by atoms with Crippen molar-refractivity contribution in [2.24, 2.45) is 0 Å². The third-order valence-corrected chi connectivity index (χ3v) is 6.38. The molecular weight excluding hydrogens is 444 g/mol. The molecule has 0 spiro atoms. The zero-order valence-electron chi connectivity index (χ0n) is 19.2. The minimum atomic E-state index is -0.527. The van der Waals surface area contributed by atoms with Crippen LogP contribution in [0.2, 0.25) is 0 Å². The summed E-state index contributed by atoms with van der Waals surface area (Å²) < 4.78 is 5.50. The van der Waals surface area contributed by atoms with Crippen molar-refractivity contribution in [2.75, 3.05) is 69.3 Å². The van der Waals surface area contributed by atoms with Gasteiger partial charge in [0.1, 0.15) is 11.1 Å². The van der Waals surface area contributed by atoms with E-state index in [1.807, 2.05) is 23.1 Å². The Morgan fingerprint density at radius 1 is 1.09 bits per heavy atom. The predicted molar refractivity (Wildman–Crippen MR) is 129 cm³/mol. The zero-order chi connectivity index (χ0) is 23.4. The molecule has 1 N–H and O–H groups in total. The molecule has 0 saturated carbocycles. The molecular formula is C23H31ClN6O3. The summed E-state index contributed by atoms with van der Waals surface area (Å²) in [6.45, 7) is 8.17.